The van der Waals surface area contributed by atoms with Gasteiger partial charge in [0, 0.05) is 5.92 Å². The Morgan fingerprint density at radius 3 is 3.33 bits per heavy atom. The van der Waals surface area contributed by atoms with Crippen molar-refractivity contribution in [3.05, 3.63) is 11.8 Å². The van der Waals surface area contributed by atoms with Crippen molar-refractivity contribution in [1.29, 1.82) is 0 Å². The summed E-state index contributed by atoms with van der Waals surface area (Å²) < 4.78 is 10.2. The third kappa shape index (κ3) is 1.31. The van der Waals surface area contributed by atoms with Crippen molar-refractivity contribution >= 4 is 5.97 Å². The van der Waals surface area contributed by atoms with Crippen LogP contribution in [0.2, 0.25) is 0 Å². The lowest BCUT2D eigenvalue weighted by Gasteiger charge is -2.12. The van der Waals surface area contributed by atoms with Crippen molar-refractivity contribution in [2.75, 3.05) is 6.61 Å². The molecule has 3 heteroatoms. The number of ether oxygens (including phenoxy) is 2. The Morgan fingerprint density at radius 2 is 2.67 bits per heavy atom. The molecule has 2 unspecified atom stereocenters. The molecule has 0 aromatic heterocycles. The molecule has 2 atom stereocenters. The predicted octanol–water partition coefficient (Wildman–Crippen LogP) is 1.24. The quantitative estimate of drug-likeness (QED) is 0.582. The van der Waals surface area contributed by atoms with Crippen LogP contribution in [0.4, 0.5) is 0 Å². The van der Waals surface area contributed by atoms with Gasteiger partial charge in [-0.25, -0.2) is 4.79 Å². The summed E-state index contributed by atoms with van der Waals surface area (Å²) >= 11 is 0. The zero-order chi connectivity index (χ0) is 8.55. The number of esters is 1. The van der Waals surface area contributed by atoms with Gasteiger partial charge in [0.25, 0.3) is 0 Å². The molecule has 0 radical (unpaired) electrons. The Labute approximate surface area is 71.3 Å². The molecule has 66 valence electrons. The fraction of sp³-hybridized carbons (Fsp3) is 0.667. The fourth-order valence-corrected chi connectivity index (χ4v) is 1.42. The molecule has 0 aromatic carbocycles. The van der Waals surface area contributed by atoms with Crippen LogP contribution in [0.15, 0.2) is 11.8 Å². The number of hydrogen-bond acceptors (Lipinski definition) is 3. The van der Waals surface area contributed by atoms with Gasteiger partial charge in [0.2, 0.25) is 5.76 Å². The third-order valence-electron chi connectivity index (χ3n) is 2.22. The minimum absolute atomic E-state index is 0.300. The van der Waals surface area contributed by atoms with Gasteiger partial charge in [-0.05, 0) is 25.8 Å². The maximum absolute atomic E-state index is 11.1. The summed E-state index contributed by atoms with van der Waals surface area (Å²) in [7, 11) is 0. The first-order chi connectivity index (χ1) is 5.81. The number of carbonyl (C=O) groups excluding carboxylic acids is 1. The Bertz CT molecular complexity index is 232. The summed E-state index contributed by atoms with van der Waals surface area (Å²) in [5, 5.41) is 0. The first kappa shape index (κ1) is 7.65. The monoisotopic (exact) mass is 168 g/mol. The molecular weight excluding hydrogens is 156 g/mol. The van der Waals surface area contributed by atoms with Gasteiger partial charge in [0.15, 0.2) is 0 Å². The standard InChI is InChI=1S/C9H12O3/c1-2-11-9(10)7-4-3-6-5-8(6)12-7/h4,6,8H,2-3,5H2,1H3. The largest absolute Gasteiger partial charge is 0.483 e. The van der Waals surface area contributed by atoms with Crippen LogP contribution in [0.1, 0.15) is 19.8 Å². The van der Waals surface area contributed by atoms with Gasteiger partial charge in [-0.15, -0.1) is 0 Å². The molecule has 2 aliphatic rings. The van der Waals surface area contributed by atoms with Crippen LogP contribution in [0.25, 0.3) is 0 Å². The highest BCUT2D eigenvalue weighted by Gasteiger charge is 2.42. The van der Waals surface area contributed by atoms with Crippen LogP contribution in [0, 0.1) is 5.92 Å². The van der Waals surface area contributed by atoms with Crippen LogP contribution in [0.3, 0.4) is 0 Å². The molecule has 0 aromatic rings. The van der Waals surface area contributed by atoms with E-state index in [1.807, 2.05) is 6.08 Å². The number of rotatable bonds is 2. The Kier molecular flexibility index (Phi) is 1.79. The number of fused-ring (bicyclic) bond motifs is 1. The zero-order valence-corrected chi connectivity index (χ0v) is 7.08. The van der Waals surface area contributed by atoms with E-state index in [1.54, 1.807) is 6.92 Å². The molecule has 1 aliphatic heterocycles. The van der Waals surface area contributed by atoms with E-state index in [4.69, 9.17) is 9.47 Å². The lowest BCUT2D eigenvalue weighted by atomic mass is 10.2. The van der Waals surface area contributed by atoms with E-state index >= 15 is 0 Å². The van der Waals surface area contributed by atoms with Crippen LogP contribution >= 0.6 is 0 Å². The minimum Gasteiger partial charge on any atom is -0.483 e. The molecule has 1 saturated carbocycles. The number of hydrogen-bond donors (Lipinski definition) is 0. The first-order valence-electron chi connectivity index (χ1n) is 4.35. The van der Waals surface area contributed by atoms with Crippen LogP contribution in [0.5, 0.6) is 0 Å². The first-order valence-corrected chi connectivity index (χ1v) is 4.35. The van der Waals surface area contributed by atoms with Gasteiger partial charge in [-0.3, -0.25) is 0 Å². The summed E-state index contributed by atoms with van der Waals surface area (Å²) in [5.41, 5.74) is 0. The van der Waals surface area contributed by atoms with Crippen LogP contribution in [-0.4, -0.2) is 18.7 Å². The topological polar surface area (TPSA) is 35.5 Å². The average Bonchev–Trinajstić information content (AvgIpc) is 2.81. The Balaban J connectivity index is 1.94. The highest BCUT2D eigenvalue weighted by Crippen LogP contribution is 2.42. The fourth-order valence-electron chi connectivity index (χ4n) is 1.42. The summed E-state index contributed by atoms with van der Waals surface area (Å²) in [4.78, 5) is 11.1. The molecule has 1 fully saturated rings. The summed E-state index contributed by atoms with van der Waals surface area (Å²) in [6.07, 6.45) is 4.21. The van der Waals surface area contributed by atoms with E-state index in [0.29, 0.717) is 24.4 Å². The molecule has 3 nitrogen and oxygen atoms in total. The molecule has 1 heterocycles. The number of carbonyl (C=O) groups is 1. The van der Waals surface area contributed by atoms with Crippen molar-refractivity contribution < 1.29 is 14.3 Å². The molecular formula is C9H12O3. The average molecular weight is 168 g/mol. The molecule has 1 aliphatic carbocycles. The molecule has 0 amide bonds. The van der Waals surface area contributed by atoms with Gasteiger partial charge >= 0.3 is 5.97 Å². The molecule has 0 saturated heterocycles. The maximum atomic E-state index is 11.1. The molecule has 2 rings (SSSR count). The van der Waals surface area contributed by atoms with E-state index in [9.17, 15) is 4.79 Å². The van der Waals surface area contributed by atoms with Crippen molar-refractivity contribution in [3.8, 4) is 0 Å². The van der Waals surface area contributed by atoms with E-state index in [-0.39, 0.29) is 5.97 Å². The summed E-state index contributed by atoms with van der Waals surface area (Å²) in [5.74, 6) is 0.765. The van der Waals surface area contributed by atoms with Gasteiger partial charge in [-0.2, -0.15) is 0 Å². The van der Waals surface area contributed by atoms with Gasteiger partial charge < -0.3 is 9.47 Å². The van der Waals surface area contributed by atoms with Gasteiger partial charge in [0.1, 0.15) is 6.10 Å². The van der Waals surface area contributed by atoms with E-state index in [2.05, 4.69) is 0 Å². The van der Waals surface area contributed by atoms with Crippen LogP contribution < -0.4 is 0 Å². The van der Waals surface area contributed by atoms with E-state index < -0.39 is 0 Å². The molecule has 0 N–H and O–H groups in total. The lowest BCUT2D eigenvalue weighted by Crippen LogP contribution is -2.14. The van der Waals surface area contributed by atoms with Crippen molar-refractivity contribution in [2.24, 2.45) is 5.92 Å². The Morgan fingerprint density at radius 1 is 1.83 bits per heavy atom. The highest BCUT2D eigenvalue weighted by atomic mass is 16.6. The predicted molar refractivity (Wildman–Crippen MR) is 42.3 cm³/mol. The van der Waals surface area contributed by atoms with Crippen molar-refractivity contribution in [3.63, 3.8) is 0 Å². The minimum atomic E-state index is -0.317. The Hall–Kier alpha value is -0.990. The second-order valence-electron chi connectivity index (χ2n) is 3.18. The van der Waals surface area contributed by atoms with E-state index in [1.165, 1.54) is 0 Å². The second kappa shape index (κ2) is 2.81. The van der Waals surface area contributed by atoms with Crippen molar-refractivity contribution in [2.45, 2.75) is 25.9 Å². The molecule has 12 heavy (non-hydrogen) atoms. The molecule has 0 bridgehead atoms. The lowest BCUT2D eigenvalue weighted by molar-refractivity contribution is -0.143. The normalized spacial score (nSPS) is 31.2. The third-order valence-corrected chi connectivity index (χ3v) is 2.22. The summed E-state index contributed by atoms with van der Waals surface area (Å²) in [6.45, 7) is 2.20. The number of allylic oxidation sites excluding steroid dienone is 1. The van der Waals surface area contributed by atoms with Crippen molar-refractivity contribution in [1.82, 2.24) is 0 Å². The SMILES string of the molecule is CCOC(=O)C1=CCC2CC2O1. The zero-order valence-electron chi connectivity index (χ0n) is 7.08. The molecule has 0 spiro atoms. The van der Waals surface area contributed by atoms with Gasteiger partial charge in [0.05, 0.1) is 6.61 Å². The summed E-state index contributed by atoms with van der Waals surface area (Å²) in [6, 6.07) is 0. The smallest absolute Gasteiger partial charge is 0.373 e. The van der Waals surface area contributed by atoms with E-state index in [0.717, 1.165) is 12.8 Å². The maximum Gasteiger partial charge on any atom is 0.373 e. The van der Waals surface area contributed by atoms with Gasteiger partial charge in [-0.1, -0.05) is 0 Å². The highest BCUT2D eigenvalue weighted by molar-refractivity contribution is 5.86. The van der Waals surface area contributed by atoms with Crippen LogP contribution in [-0.2, 0) is 14.3 Å². The second-order valence-corrected chi connectivity index (χ2v) is 3.18.